The maximum Gasteiger partial charge on any atom is 0.332 e. The van der Waals surface area contributed by atoms with Crippen LogP contribution in [0, 0.1) is 0 Å². The van der Waals surface area contributed by atoms with E-state index in [0.29, 0.717) is 0 Å². The van der Waals surface area contributed by atoms with Crippen LogP contribution in [0.3, 0.4) is 0 Å². The molecule has 0 aromatic carbocycles. The van der Waals surface area contributed by atoms with Crippen LogP contribution in [0.1, 0.15) is 13.8 Å². The summed E-state index contributed by atoms with van der Waals surface area (Å²) in [5, 5.41) is 15.9. The Bertz CT molecular complexity index is 234. The standard InChI is InChI=1S/C4H7NO2.C4H6O2.H3N/c1-3(2-5)4(6)7;1-3(2)4(5)6;/h2H,5H2,1H3,(H,6,7);1H2,2H3,(H,5,6);1H3. The van der Waals surface area contributed by atoms with Gasteiger partial charge in [0.05, 0.1) is 0 Å². The van der Waals surface area contributed by atoms with Gasteiger partial charge in [-0.1, -0.05) is 6.58 Å². The van der Waals surface area contributed by atoms with Crippen LogP contribution in [0.5, 0.6) is 0 Å². The molecule has 0 fully saturated rings. The highest BCUT2D eigenvalue weighted by Gasteiger charge is 1.94. The number of carbonyl (C=O) groups is 2. The summed E-state index contributed by atoms with van der Waals surface area (Å²) >= 11 is 0. The molecule has 0 aliphatic heterocycles. The number of carboxylic acid groups (broad SMARTS) is 2. The Kier molecular flexibility index (Phi) is 12.0. The van der Waals surface area contributed by atoms with Crippen LogP contribution in [0.15, 0.2) is 23.9 Å². The minimum atomic E-state index is -0.970. The lowest BCUT2D eigenvalue weighted by Crippen LogP contribution is -1.98. The molecular weight excluding hydrogens is 188 g/mol. The Morgan fingerprint density at radius 3 is 1.50 bits per heavy atom. The zero-order valence-electron chi connectivity index (χ0n) is 8.28. The second-order valence-electron chi connectivity index (χ2n) is 2.24. The fourth-order valence-electron chi connectivity index (χ4n) is 0.0713. The topological polar surface area (TPSA) is 136 Å². The van der Waals surface area contributed by atoms with Crippen LogP contribution in [0.25, 0.3) is 0 Å². The van der Waals surface area contributed by atoms with Crippen molar-refractivity contribution in [2.45, 2.75) is 13.8 Å². The third kappa shape index (κ3) is 12.8. The fourth-order valence-corrected chi connectivity index (χ4v) is 0.0713. The van der Waals surface area contributed by atoms with E-state index in [0.717, 1.165) is 6.20 Å². The van der Waals surface area contributed by atoms with Crippen molar-refractivity contribution in [1.82, 2.24) is 6.15 Å². The minimum Gasteiger partial charge on any atom is -0.478 e. The van der Waals surface area contributed by atoms with Crippen LogP contribution < -0.4 is 11.9 Å². The van der Waals surface area contributed by atoms with E-state index in [1.54, 1.807) is 0 Å². The average molecular weight is 204 g/mol. The molecule has 0 rings (SSSR count). The predicted octanol–water partition coefficient (Wildman–Crippen LogP) is 0.743. The Hall–Kier alpha value is -1.82. The van der Waals surface area contributed by atoms with E-state index in [9.17, 15) is 9.59 Å². The van der Waals surface area contributed by atoms with E-state index in [2.05, 4.69) is 6.58 Å². The van der Waals surface area contributed by atoms with Crippen molar-refractivity contribution in [3.05, 3.63) is 23.9 Å². The van der Waals surface area contributed by atoms with Gasteiger partial charge in [0.1, 0.15) is 0 Å². The number of hydrogen-bond donors (Lipinski definition) is 4. The zero-order chi connectivity index (χ0) is 11.0. The molecule has 0 bridgehead atoms. The molecule has 0 unspecified atom stereocenters. The summed E-state index contributed by atoms with van der Waals surface area (Å²) in [6.07, 6.45) is 1.06. The molecule has 0 spiro atoms. The summed E-state index contributed by atoms with van der Waals surface area (Å²) in [5.41, 5.74) is 5.17. The maximum absolute atomic E-state index is 9.78. The van der Waals surface area contributed by atoms with E-state index < -0.39 is 11.9 Å². The molecule has 0 aromatic heterocycles. The molecule has 0 aliphatic rings. The number of aliphatic carboxylic acids is 2. The minimum absolute atomic E-state index is 0. The van der Waals surface area contributed by atoms with Gasteiger partial charge < -0.3 is 22.1 Å². The summed E-state index contributed by atoms with van der Waals surface area (Å²) in [6, 6.07) is 0. The molecule has 14 heavy (non-hydrogen) atoms. The van der Waals surface area contributed by atoms with E-state index in [-0.39, 0.29) is 17.3 Å². The van der Waals surface area contributed by atoms with Gasteiger partial charge in [0.25, 0.3) is 0 Å². The van der Waals surface area contributed by atoms with Crippen LogP contribution >= 0.6 is 0 Å². The SMILES string of the molecule is C=C(C)C(=O)O.CC(=CN)C(=O)O.N. The highest BCUT2D eigenvalue weighted by molar-refractivity contribution is 5.85. The molecule has 6 nitrogen and oxygen atoms in total. The molecule has 7 N–H and O–H groups in total. The monoisotopic (exact) mass is 204 g/mol. The first kappa shape index (κ1) is 18.1. The third-order valence-electron chi connectivity index (χ3n) is 0.952. The van der Waals surface area contributed by atoms with Gasteiger partial charge in [-0.3, -0.25) is 0 Å². The first-order valence-electron chi connectivity index (χ1n) is 3.33. The third-order valence-corrected chi connectivity index (χ3v) is 0.952. The van der Waals surface area contributed by atoms with Gasteiger partial charge in [0, 0.05) is 17.3 Å². The first-order valence-corrected chi connectivity index (χ1v) is 3.33. The zero-order valence-corrected chi connectivity index (χ0v) is 8.28. The second kappa shape index (κ2) is 9.27. The largest absolute Gasteiger partial charge is 0.478 e. The molecule has 0 amide bonds. The predicted molar refractivity (Wildman–Crippen MR) is 53.1 cm³/mol. The summed E-state index contributed by atoms with van der Waals surface area (Å²) in [6.45, 7) is 6.03. The fraction of sp³-hybridized carbons (Fsp3) is 0.250. The van der Waals surface area contributed by atoms with Gasteiger partial charge in [-0.15, -0.1) is 0 Å². The molecule has 0 aromatic rings. The Balaban J connectivity index is -0.000000163. The van der Waals surface area contributed by atoms with E-state index in [1.807, 2.05) is 0 Å². The Labute approximate surface area is 82.3 Å². The molecule has 0 aliphatic carbocycles. The number of rotatable bonds is 2. The summed E-state index contributed by atoms with van der Waals surface area (Å²) < 4.78 is 0. The van der Waals surface area contributed by atoms with Crippen LogP contribution in [-0.2, 0) is 9.59 Å². The summed E-state index contributed by atoms with van der Waals surface area (Å²) in [4.78, 5) is 19.4. The van der Waals surface area contributed by atoms with Crippen molar-refractivity contribution in [2.24, 2.45) is 5.73 Å². The molecule has 0 saturated heterocycles. The van der Waals surface area contributed by atoms with Crippen molar-refractivity contribution in [3.63, 3.8) is 0 Å². The van der Waals surface area contributed by atoms with Gasteiger partial charge in [-0.25, -0.2) is 9.59 Å². The number of nitrogens with two attached hydrogens (primary N) is 1. The summed E-state index contributed by atoms with van der Waals surface area (Å²) in [7, 11) is 0. The molecule has 0 heterocycles. The van der Waals surface area contributed by atoms with Gasteiger partial charge >= 0.3 is 11.9 Å². The molecule has 0 atom stereocenters. The molecule has 82 valence electrons. The van der Waals surface area contributed by atoms with Crippen molar-refractivity contribution in [2.75, 3.05) is 0 Å². The van der Waals surface area contributed by atoms with Crippen LogP contribution in [-0.4, -0.2) is 22.2 Å². The number of carboxylic acids is 2. The molecule has 0 saturated carbocycles. The van der Waals surface area contributed by atoms with E-state index in [4.69, 9.17) is 15.9 Å². The van der Waals surface area contributed by atoms with Crippen LogP contribution in [0.2, 0.25) is 0 Å². The quantitative estimate of drug-likeness (QED) is 0.490. The second-order valence-corrected chi connectivity index (χ2v) is 2.24. The lowest BCUT2D eigenvalue weighted by atomic mass is 10.3. The van der Waals surface area contributed by atoms with E-state index in [1.165, 1.54) is 13.8 Å². The smallest absolute Gasteiger partial charge is 0.332 e. The van der Waals surface area contributed by atoms with Crippen molar-refractivity contribution >= 4 is 11.9 Å². The Morgan fingerprint density at radius 2 is 1.50 bits per heavy atom. The Morgan fingerprint density at radius 1 is 1.21 bits per heavy atom. The first-order chi connectivity index (χ1) is 5.82. The normalized spacial score (nSPS) is 8.86. The van der Waals surface area contributed by atoms with Crippen molar-refractivity contribution in [3.8, 4) is 0 Å². The van der Waals surface area contributed by atoms with Crippen LogP contribution in [0.4, 0.5) is 0 Å². The lowest BCUT2D eigenvalue weighted by Gasteiger charge is -1.84. The van der Waals surface area contributed by atoms with Gasteiger partial charge in [-0.2, -0.15) is 0 Å². The lowest BCUT2D eigenvalue weighted by molar-refractivity contribution is -0.133. The average Bonchev–Trinajstić information content (AvgIpc) is 2.03. The number of hydrogen-bond acceptors (Lipinski definition) is 4. The summed E-state index contributed by atoms with van der Waals surface area (Å²) in [5.74, 6) is -1.91. The molecule has 6 heteroatoms. The van der Waals surface area contributed by atoms with Gasteiger partial charge in [0.2, 0.25) is 0 Å². The van der Waals surface area contributed by atoms with Gasteiger partial charge in [0.15, 0.2) is 0 Å². The molecule has 0 radical (unpaired) electrons. The highest BCUT2D eigenvalue weighted by atomic mass is 16.4. The van der Waals surface area contributed by atoms with Gasteiger partial charge in [-0.05, 0) is 13.8 Å². The highest BCUT2D eigenvalue weighted by Crippen LogP contribution is 1.84. The van der Waals surface area contributed by atoms with E-state index >= 15 is 0 Å². The maximum atomic E-state index is 9.78. The van der Waals surface area contributed by atoms with Crippen molar-refractivity contribution < 1.29 is 19.8 Å². The molecular formula is C8H16N2O4. The van der Waals surface area contributed by atoms with Crippen molar-refractivity contribution in [1.29, 1.82) is 0 Å².